The van der Waals surface area contributed by atoms with Gasteiger partial charge in [0, 0.05) is 11.8 Å². The Hall–Kier alpha value is -1.59. The summed E-state index contributed by atoms with van der Waals surface area (Å²) in [5.74, 6) is -2.29. The minimum atomic E-state index is -1.11. The number of carbonyl (C=O) groups excluding carboxylic acids is 1. The maximum absolute atomic E-state index is 12.2. The second-order valence-corrected chi connectivity index (χ2v) is 5.77. The topological polar surface area (TPSA) is 104 Å². The number of hydrogen-bond donors (Lipinski definition) is 3. The first-order chi connectivity index (χ1) is 9.35. The molecule has 1 saturated carbocycles. The summed E-state index contributed by atoms with van der Waals surface area (Å²) < 4.78 is 0. The van der Waals surface area contributed by atoms with Crippen molar-refractivity contribution in [3.8, 4) is 0 Å². The Balaban J connectivity index is 2.53. The van der Waals surface area contributed by atoms with Crippen molar-refractivity contribution in [2.24, 2.45) is 5.41 Å². The molecule has 20 heavy (non-hydrogen) atoms. The second-order valence-electron chi connectivity index (χ2n) is 5.77. The predicted molar refractivity (Wildman–Crippen MR) is 72.2 cm³/mol. The van der Waals surface area contributed by atoms with Crippen LogP contribution < -0.4 is 5.32 Å². The quantitative estimate of drug-likeness (QED) is 0.661. The summed E-state index contributed by atoms with van der Waals surface area (Å²) >= 11 is 0. The Morgan fingerprint density at radius 2 is 1.75 bits per heavy atom. The van der Waals surface area contributed by atoms with E-state index in [4.69, 9.17) is 10.2 Å². The van der Waals surface area contributed by atoms with Gasteiger partial charge in [-0.1, -0.05) is 26.2 Å². The molecule has 1 fully saturated rings. The van der Waals surface area contributed by atoms with Crippen molar-refractivity contribution in [1.82, 2.24) is 5.32 Å². The van der Waals surface area contributed by atoms with Crippen LogP contribution in [0.4, 0.5) is 0 Å². The first-order valence-corrected chi connectivity index (χ1v) is 7.11. The van der Waals surface area contributed by atoms with E-state index in [1.165, 1.54) is 0 Å². The Kier molecular flexibility index (Phi) is 5.98. The van der Waals surface area contributed by atoms with E-state index in [1.54, 1.807) is 0 Å². The highest BCUT2D eigenvalue weighted by molar-refractivity contribution is 5.87. The molecule has 0 aromatic carbocycles. The van der Waals surface area contributed by atoms with Gasteiger partial charge in [0.15, 0.2) is 0 Å². The van der Waals surface area contributed by atoms with Gasteiger partial charge in [0.2, 0.25) is 5.91 Å². The van der Waals surface area contributed by atoms with Crippen molar-refractivity contribution in [1.29, 1.82) is 0 Å². The third-order valence-electron chi connectivity index (χ3n) is 3.99. The molecule has 0 radical (unpaired) electrons. The summed E-state index contributed by atoms with van der Waals surface area (Å²) in [5.41, 5.74) is -0.487. The van der Waals surface area contributed by atoms with Crippen LogP contribution in [0, 0.1) is 5.41 Å². The fourth-order valence-electron chi connectivity index (χ4n) is 2.61. The summed E-state index contributed by atoms with van der Waals surface area (Å²) in [6.45, 7) is 1.87. The number of hydrogen-bond acceptors (Lipinski definition) is 3. The highest BCUT2D eigenvalue weighted by Gasteiger charge is 2.36. The summed E-state index contributed by atoms with van der Waals surface area (Å²) in [6, 6.07) is -0.999. The van der Waals surface area contributed by atoms with Gasteiger partial charge in [-0.2, -0.15) is 0 Å². The lowest BCUT2D eigenvalue weighted by molar-refractivity contribution is -0.144. The van der Waals surface area contributed by atoms with Crippen LogP contribution in [0.25, 0.3) is 0 Å². The zero-order chi connectivity index (χ0) is 15.2. The van der Waals surface area contributed by atoms with E-state index in [-0.39, 0.29) is 25.2 Å². The van der Waals surface area contributed by atoms with Crippen molar-refractivity contribution < 1.29 is 24.6 Å². The average Bonchev–Trinajstić information content (AvgIpc) is 2.37. The largest absolute Gasteiger partial charge is 0.481 e. The molecule has 0 heterocycles. The van der Waals surface area contributed by atoms with Crippen LogP contribution >= 0.6 is 0 Å². The van der Waals surface area contributed by atoms with Crippen LogP contribution in [0.2, 0.25) is 0 Å². The van der Waals surface area contributed by atoms with Crippen LogP contribution in [0.15, 0.2) is 0 Å². The Morgan fingerprint density at radius 3 is 2.25 bits per heavy atom. The van der Waals surface area contributed by atoms with Crippen molar-refractivity contribution in [3.05, 3.63) is 0 Å². The minimum absolute atomic E-state index is 0.0864. The molecule has 3 N–H and O–H groups in total. The van der Waals surface area contributed by atoms with Gasteiger partial charge in [-0.25, -0.2) is 4.79 Å². The molecule has 0 saturated heterocycles. The molecule has 0 spiro atoms. The maximum atomic E-state index is 12.2. The molecule has 0 bridgehead atoms. The zero-order valence-electron chi connectivity index (χ0n) is 11.9. The van der Waals surface area contributed by atoms with Crippen LogP contribution in [-0.2, 0) is 14.4 Å². The normalized spacial score (nSPS) is 19.1. The number of carboxylic acids is 2. The van der Waals surface area contributed by atoms with Crippen LogP contribution in [0.3, 0.4) is 0 Å². The van der Waals surface area contributed by atoms with E-state index in [2.05, 4.69) is 5.32 Å². The zero-order valence-corrected chi connectivity index (χ0v) is 11.9. The summed E-state index contributed by atoms with van der Waals surface area (Å²) in [5, 5.41) is 20.2. The lowest BCUT2D eigenvalue weighted by Gasteiger charge is -2.33. The molecule has 114 valence electrons. The molecule has 1 amide bonds. The van der Waals surface area contributed by atoms with Gasteiger partial charge in [0.05, 0.1) is 0 Å². The fraction of sp³-hybridized carbons (Fsp3) is 0.786. The highest BCUT2D eigenvalue weighted by Crippen LogP contribution is 2.36. The van der Waals surface area contributed by atoms with Crippen LogP contribution in [0.5, 0.6) is 0 Å². The van der Waals surface area contributed by atoms with Crippen molar-refractivity contribution in [2.75, 3.05) is 0 Å². The third kappa shape index (κ3) is 4.83. The van der Waals surface area contributed by atoms with Gasteiger partial charge in [0.1, 0.15) is 6.04 Å². The molecule has 0 aromatic heterocycles. The number of rotatable bonds is 7. The highest BCUT2D eigenvalue weighted by atomic mass is 16.4. The Labute approximate surface area is 118 Å². The van der Waals surface area contributed by atoms with Crippen LogP contribution in [0.1, 0.15) is 58.3 Å². The van der Waals surface area contributed by atoms with E-state index in [0.717, 1.165) is 32.1 Å². The number of carbonyl (C=O) groups is 3. The molecule has 0 aliphatic heterocycles. The second kappa shape index (κ2) is 7.26. The summed E-state index contributed by atoms with van der Waals surface area (Å²) in [4.78, 5) is 33.8. The van der Waals surface area contributed by atoms with Crippen molar-refractivity contribution >= 4 is 17.8 Å². The molecule has 1 aliphatic carbocycles. The van der Waals surface area contributed by atoms with E-state index in [0.29, 0.717) is 0 Å². The first kappa shape index (κ1) is 16.5. The van der Waals surface area contributed by atoms with Crippen molar-refractivity contribution in [3.63, 3.8) is 0 Å². The van der Waals surface area contributed by atoms with Gasteiger partial charge in [-0.3, -0.25) is 9.59 Å². The predicted octanol–water partition coefficient (Wildman–Crippen LogP) is 1.78. The molecular weight excluding hydrogens is 262 g/mol. The summed E-state index contributed by atoms with van der Waals surface area (Å²) in [6.07, 6.45) is 4.94. The first-order valence-electron chi connectivity index (χ1n) is 7.11. The molecule has 6 heteroatoms. The summed E-state index contributed by atoms with van der Waals surface area (Å²) in [7, 11) is 0. The molecule has 1 atom stereocenters. The fourth-order valence-corrected chi connectivity index (χ4v) is 2.61. The molecule has 1 rings (SSSR count). The number of carboxylic acid groups (broad SMARTS) is 2. The smallest absolute Gasteiger partial charge is 0.326 e. The lowest BCUT2D eigenvalue weighted by atomic mass is 9.75. The van der Waals surface area contributed by atoms with Gasteiger partial charge in [-0.05, 0) is 25.7 Å². The van der Waals surface area contributed by atoms with Gasteiger partial charge in [-0.15, -0.1) is 0 Å². The third-order valence-corrected chi connectivity index (χ3v) is 3.99. The Morgan fingerprint density at radius 1 is 1.15 bits per heavy atom. The minimum Gasteiger partial charge on any atom is -0.481 e. The molecular formula is C14H23NO5. The van der Waals surface area contributed by atoms with E-state index in [1.807, 2.05) is 6.92 Å². The standard InChI is InChI=1S/C14H23NO5/c1-14(8-3-2-4-9-14)13(20)15-10(12(18)19)6-5-7-11(16)17/h10H,2-9H2,1H3,(H,15,20)(H,16,17)(H,18,19)/t10-/m1/s1. The van der Waals surface area contributed by atoms with E-state index >= 15 is 0 Å². The molecule has 6 nitrogen and oxygen atoms in total. The monoisotopic (exact) mass is 285 g/mol. The lowest BCUT2D eigenvalue weighted by Crippen LogP contribution is -2.48. The van der Waals surface area contributed by atoms with Gasteiger partial charge < -0.3 is 15.5 Å². The maximum Gasteiger partial charge on any atom is 0.326 e. The molecule has 0 unspecified atom stereocenters. The van der Waals surface area contributed by atoms with Gasteiger partial charge in [0.25, 0.3) is 0 Å². The van der Waals surface area contributed by atoms with E-state index < -0.39 is 23.4 Å². The SMILES string of the molecule is CC1(C(=O)N[C@H](CCCC(=O)O)C(=O)O)CCCCC1. The van der Waals surface area contributed by atoms with Crippen molar-refractivity contribution in [2.45, 2.75) is 64.3 Å². The number of amides is 1. The molecule has 0 aromatic rings. The number of aliphatic carboxylic acids is 2. The van der Waals surface area contributed by atoms with Gasteiger partial charge >= 0.3 is 11.9 Å². The molecule has 1 aliphatic rings. The average molecular weight is 285 g/mol. The van der Waals surface area contributed by atoms with Crippen LogP contribution in [-0.4, -0.2) is 34.1 Å². The van der Waals surface area contributed by atoms with E-state index in [9.17, 15) is 14.4 Å². The number of nitrogens with one attached hydrogen (secondary N) is 1. The Bertz CT molecular complexity index is 374.